The Hall–Kier alpha value is 0.140. The van der Waals surface area contributed by atoms with E-state index in [0.29, 0.717) is 0 Å². The Kier molecular flexibility index (Phi) is 8.27. The molecule has 0 bridgehead atoms. The molecule has 0 spiro atoms. The number of nitrogens with zero attached hydrogens (tertiary/aromatic N) is 1. The van der Waals surface area contributed by atoms with Crippen LogP contribution in [0.3, 0.4) is 0 Å². The van der Waals surface area contributed by atoms with E-state index in [1.54, 1.807) is 13.8 Å². The summed E-state index contributed by atoms with van der Waals surface area (Å²) >= 11 is 0. The molecule has 46 valence electrons. The monoisotopic (exact) mass is 137 g/mol. The van der Waals surface area contributed by atoms with Crippen LogP contribution in [-0.4, -0.2) is 18.2 Å². The van der Waals surface area contributed by atoms with Crippen LogP contribution in [0.2, 0.25) is 0 Å². The summed E-state index contributed by atoms with van der Waals surface area (Å²) in [6.45, 7) is 3.26. The SMILES string of the molecule is CC(C)=NCC(=O)[O-].[Na+]. The molecule has 0 aliphatic carbocycles. The van der Waals surface area contributed by atoms with E-state index in [0.717, 1.165) is 5.71 Å². The van der Waals surface area contributed by atoms with Gasteiger partial charge in [-0.2, -0.15) is 0 Å². The molecule has 0 aliphatic heterocycles. The van der Waals surface area contributed by atoms with Crippen molar-refractivity contribution in [2.24, 2.45) is 4.99 Å². The molecule has 3 nitrogen and oxygen atoms in total. The van der Waals surface area contributed by atoms with Gasteiger partial charge in [-0.15, -0.1) is 0 Å². The minimum Gasteiger partial charge on any atom is -0.548 e. The molecule has 0 aromatic rings. The Bertz CT molecular complexity index is 118. The van der Waals surface area contributed by atoms with Gasteiger partial charge in [-0.1, -0.05) is 0 Å². The van der Waals surface area contributed by atoms with Crippen molar-refractivity contribution in [1.29, 1.82) is 0 Å². The molecule has 0 fully saturated rings. The predicted molar refractivity (Wildman–Crippen MR) is 28.7 cm³/mol. The molecule has 0 aromatic carbocycles. The summed E-state index contributed by atoms with van der Waals surface area (Å²) in [7, 11) is 0. The standard InChI is InChI=1S/C5H9NO2.Na/c1-4(2)6-3-5(7)8;/h3H2,1-2H3,(H,7,8);/q;+1/p-1. The molecule has 0 rings (SSSR count). The van der Waals surface area contributed by atoms with Gasteiger partial charge in [-0.05, 0) is 13.8 Å². The Morgan fingerprint density at radius 1 is 1.56 bits per heavy atom. The molecular weight excluding hydrogens is 129 g/mol. The third kappa shape index (κ3) is 11.6. The molecule has 0 heterocycles. The van der Waals surface area contributed by atoms with E-state index in [1.807, 2.05) is 0 Å². The van der Waals surface area contributed by atoms with Crippen LogP contribution in [0.5, 0.6) is 0 Å². The first-order valence-electron chi connectivity index (χ1n) is 2.30. The number of aliphatic carboxylic acids is 1. The zero-order valence-electron chi connectivity index (χ0n) is 5.97. The van der Waals surface area contributed by atoms with Gasteiger partial charge in [-0.25, -0.2) is 0 Å². The number of rotatable bonds is 2. The minimum absolute atomic E-state index is 0. The molecule has 0 radical (unpaired) electrons. The van der Waals surface area contributed by atoms with Crippen LogP contribution in [0.4, 0.5) is 0 Å². The van der Waals surface area contributed by atoms with E-state index >= 15 is 0 Å². The number of aliphatic imine (C=N–C) groups is 1. The first-order chi connectivity index (χ1) is 3.63. The maximum absolute atomic E-state index is 9.69. The van der Waals surface area contributed by atoms with E-state index in [-0.39, 0.29) is 36.1 Å². The molecule has 0 saturated heterocycles. The molecule has 0 amide bonds. The van der Waals surface area contributed by atoms with Crippen LogP contribution in [0.15, 0.2) is 4.99 Å². The fourth-order valence-electron chi connectivity index (χ4n) is 0.223. The van der Waals surface area contributed by atoms with Gasteiger partial charge in [0.05, 0.1) is 12.5 Å². The molecule has 0 saturated carbocycles. The van der Waals surface area contributed by atoms with Crippen LogP contribution in [0.1, 0.15) is 13.8 Å². The molecule has 0 aromatic heterocycles. The van der Waals surface area contributed by atoms with Gasteiger partial charge in [0.2, 0.25) is 0 Å². The minimum atomic E-state index is -1.13. The first kappa shape index (κ1) is 11.9. The number of carbonyl (C=O) groups excluding carboxylic acids is 1. The molecule has 0 aliphatic rings. The molecule has 0 unspecified atom stereocenters. The van der Waals surface area contributed by atoms with Gasteiger partial charge in [0.1, 0.15) is 0 Å². The molecule has 0 N–H and O–H groups in total. The number of carbonyl (C=O) groups is 1. The van der Waals surface area contributed by atoms with Gasteiger partial charge < -0.3 is 9.90 Å². The van der Waals surface area contributed by atoms with E-state index in [1.165, 1.54) is 0 Å². The van der Waals surface area contributed by atoms with E-state index < -0.39 is 5.97 Å². The normalized spacial score (nSPS) is 7.33. The Morgan fingerprint density at radius 2 is 2.00 bits per heavy atom. The van der Waals surface area contributed by atoms with E-state index in [9.17, 15) is 9.90 Å². The van der Waals surface area contributed by atoms with Crippen molar-refractivity contribution in [3.8, 4) is 0 Å². The first-order valence-corrected chi connectivity index (χ1v) is 2.30. The molecule has 9 heavy (non-hydrogen) atoms. The summed E-state index contributed by atoms with van der Waals surface area (Å²) in [6.07, 6.45) is 0. The third-order valence-corrected chi connectivity index (χ3v) is 0.524. The third-order valence-electron chi connectivity index (χ3n) is 0.524. The van der Waals surface area contributed by atoms with Gasteiger partial charge >= 0.3 is 29.6 Å². The molecular formula is C5H8NNaO2. The topological polar surface area (TPSA) is 52.5 Å². The summed E-state index contributed by atoms with van der Waals surface area (Å²) in [5.74, 6) is -1.13. The summed E-state index contributed by atoms with van der Waals surface area (Å²) in [5, 5.41) is 9.69. The van der Waals surface area contributed by atoms with Crippen LogP contribution in [-0.2, 0) is 4.79 Å². The molecule has 0 atom stereocenters. The van der Waals surface area contributed by atoms with Crippen LogP contribution >= 0.6 is 0 Å². The Labute approximate surface area is 76.5 Å². The Balaban J connectivity index is 0. The summed E-state index contributed by atoms with van der Waals surface area (Å²) in [6, 6.07) is 0. The van der Waals surface area contributed by atoms with Crippen molar-refractivity contribution >= 4 is 11.7 Å². The fraction of sp³-hybridized carbons (Fsp3) is 0.600. The number of carboxylic acids is 1. The second-order valence-electron chi connectivity index (χ2n) is 1.64. The van der Waals surface area contributed by atoms with Crippen molar-refractivity contribution in [2.45, 2.75) is 13.8 Å². The number of hydrogen-bond donors (Lipinski definition) is 0. The van der Waals surface area contributed by atoms with Crippen molar-refractivity contribution in [3.05, 3.63) is 0 Å². The predicted octanol–water partition coefficient (Wildman–Crippen LogP) is -3.78. The maximum atomic E-state index is 9.69. The second kappa shape index (κ2) is 6.26. The van der Waals surface area contributed by atoms with Crippen LogP contribution < -0.4 is 34.7 Å². The fourth-order valence-corrected chi connectivity index (χ4v) is 0.223. The van der Waals surface area contributed by atoms with Crippen LogP contribution in [0, 0.1) is 0 Å². The van der Waals surface area contributed by atoms with Gasteiger partial charge in [-0.3, -0.25) is 4.99 Å². The number of hydrogen-bond acceptors (Lipinski definition) is 3. The van der Waals surface area contributed by atoms with Crippen molar-refractivity contribution in [3.63, 3.8) is 0 Å². The summed E-state index contributed by atoms with van der Waals surface area (Å²) < 4.78 is 0. The quantitative estimate of drug-likeness (QED) is 0.290. The molecule has 4 heteroatoms. The van der Waals surface area contributed by atoms with Gasteiger partial charge in [0, 0.05) is 5.71 Å². The zero-order chi connectivity index (χ0) is 6.57. The van der Waals surface area contributed by atoms with Crippen molar-refractivity contribution < 1.29 is 39.5 Å². The largest absolute Gasteiger partial charge is 1.00 e. The average Bonchev–Trinajstić information content (AvgIpc) is 1.61. The average molecular weight is 137 g/mol. The Morgan fingerprint density at radius 3 is 2.11 bits per heavy atom. The zero-order valence-corrected chi connectivity index (χ0v) is 7.97. The maximum Gasteiger partial charge on any atom is 1.00 e. The van der Waals surface area contributed by atoms with Crippen LogP contribution in [0.25, 0.3) is 0 Å². The second-order valence-corrected chi connectivity index (χ2v) is 1.64. The van der Waals surface area contributed by atoms with Crippen molar-refractivity contribution in [1.82, 2.24) is 0 Å². The van der Waals surface area contributed by atoms with Gasteiger partial charge in [0.15, 0.2) is 0 Å². The van der Waals surface area contributed by atoms with E-state index in [4.69, 9.17) is 0 Å². The van der Waals surface area contributed by atoms with Gasteiger partial charge in [0.25, 0.3) is 0 Å². The summed E-state index contributed by atoms with van der Waals surface area (Å²) in [4.78, 5) is 13.3. The van der Waals surface area contributed by atoms with E-state index in [2.05, 4.69) is 4.99 Å². The number of carboxylic acid groups (broad SMARTS) is 1. The summed E-state index contributed by atoms with van der Waals surface area (Å²) in [5.41, 5.74) is 0.759. The smallest absolute Gasteiger partial charge is 0.548 e. The van der Waals surface area contributed by atoms with Crippen molar-refractivity contribution in [2.75, 3.05) is 6.54 Å².